The lowest BCUT2D eigenvalue weighted by Gasteiger charge is -2.16. The molecule has 0 saturated carbocycles. The Morgan fingerprint density at radius 3 is 1.32 bits per heavy atom. The summed E-state index contributed by atoms with van der Waals surface area (Å²) < 4.78 is 20.7. The molecule has 0 unspecified atom stereocenters. The average Bonchev–Trinajstić information content (AvgIpc) is 2.96. The fraction of sp³-hybridized carbons (Fsp3) is 0.500. The smallest absolute Gasteiger partial charge is 0.373 e. The first-order valence-corrected chi connectivity index (χ1v) is 12.7. The maximum atomic E-state index is 12.6. The molecule has 0 atom stereocenters. The maximum absolute atomic E-state index is 12.6. The van der Waals surface area contributed by atoms with E-state index in [0.717, 1.165) is 19.3 Å². The molecule has 2 aromatic rings. The zero-order valence-electron chi connectivity index (χ0n) is 22.8. The van der Waals surface area contributed by atoms with Crippen molar-refractivity contribution >= 4 is 11.9 Å². The third-order valence-corrected chi connectivity index (χ3v) is 5.68. The Hall–Kier alpha value is -3.50. The number of carbonyl (C=O) groups excluding carboxylic acids is 2. The van der Waals surface area contributed by atoms with Crippen molar-refractivity contribution < 1.29 is 48.1 Å². The number of methoxy groups -OCH3 is 4. The standard InChI is InChI=1S/C28H38O10/c1-6-7-8-9-10-11-12-13-26(35-37-27(29)20-14-22(31-2)18-23(15-20)32-3)36-38-28(30)21-16-24(33-4)19-25(17-21)34-5/h14-19,26H,6-13H2,1-5H3. The van der Waals surface area contributed by atoms with E-state index in [1.165, 1.54) is 72.0 Å². The molecule has 0 radical (unpaired) electrons. The summed E-state index contributed by atoms with van der Waals surface area (Å²) in [7, 11) is 5.88. The first kappa shape index (κ1) is 30.7. The molecule has 0 spiro atoms. The van der Waals surface area contributed by atoms with Crippen LogP contribution in [0.2, 0.25) is 0 Å². The van der Waals surface area contributed by atoms with Crippen LogP contribution in [0.25, 0.3) is 0 Å². The molecular weight excluding hydrogens is 496 g/mol. The van der Waals surface area contributed by atoms with Gasteiger partial charge in [-0.3, -0.25) is 9.78 Å². The SMILES string of the molecule is CCCCCCCCCC(OOC(=O)c1cc(OC)cc(OC)c1)OOC(=O)c1cc(OC)cc(OC)c1. The Labute approximate surface area is 223 Å². The van der Waals surface area contributed by atoms with Crippen LogP contribution in [-0.2, 0) is 19.6 Å². The molecule has 210 valence electrons. The van der Waals surface area contributed by atoms with Gasteiger partial charge in [0, 0.05) is 18.6 Å². The third kappa shape index (κ3) is 10.5. The van der Waals surface area contributed by atoms with Crippen molar-refractivity contribution in [1.82, 2.24) is 0 Å². The van der Waals surface area contributed by atoms with Crippen molar-refractivity contribution in [2.75, 3.05) is 28.4 Å². The molecule has 0 saturated heterocycles. The van der Waals surface area contributed by atoms with E-state index in [1.54, 1.807) is 12.1 Å². The first-order valence-electron chi connectivity index (χ1n) is 12.7. The van der Waals surface area contributed by atoms with Crippen molar-refractivity contribution in [2.24, 2.45) is 0 Å². The number of carbonyl (C=O) groups is 2. The minimum atomic E-state index is -1.14. The molecule has 0 aromatic heterocycles. The van der Waals surface area contributed by atoms with Crippen molar-refractivity contribution in [3.05, 3.63) is 47.5 Å². The lowest BCUT2D eigenvalue weighted by atomic mass is 10.1. The summed E-state index contributed by atoms with van der Waals surface area (Å²) in [6.07, 6.45) is 6.61. The lowest BCUT2D eigenvalue weighted by molar-refractivity contribution is -0.421. The quantitative estimate of drug-likeness (QED) is 0.0968. The molecule has 2 rings (SSSR count). The Kier molecular flexibility index (Phi) is 13.8. The number of hydrogen-bond donors (Lipinski definition) is 0. The van der Waals surface area contributed by atoms with Crippen LogP contribution in [0.15, 0.2) is 36.4 Å². The van der Waals surface area contributed by atoms with Gasteiger partial charge in [0.2, 0.25) is 6.29 Å². The molecule has 0 bridgehead atoms. The second-order valence-corrected chi connectivity index (χ2v) is 8.48. The van der Waals surface area contributed by atoms with Gasteiger partial charge >= 0.3 is 11.9 Å². The Morgan fingerprint density at radius 2 is 0.947 bits per heavy atom. The van der Waals surface area contributed by atoms with Crippen LogP contribution in [-0.4, -0.2) is 46.7 Å². The Morgan fingerprint density at radius 1 is 0.579 bits per heavy atom. The van der Waals surface area contributed by atoms with E-state index >= 15 is 0 Å². The zero-order valence-corrected chi connectivity index (χ0v) is 22.8. The van der Waals surface area contributed by atoms with Gasteiger partial charge in [0.15, 0.2) is 0 Å². The number of rotatable bonds is 18. The Bertz CT molecular complexity index is 891. The molecule has 0 N–H and O–H groups in total. The van der Waals surface area contributed by atoms with Gasteiger partial charge in [0.05, 0.1) is 39.6 Å². The minimum absolute atomic E-state index is 0.149. The fourth-order valence-corrected chi connectivity index (χ4v) is 3.52. The minimum Gasteiger partial charge on any atom is -0.497 e. The first-order chi connectivity index (χ1) is 18.4. The number of benzene rings is 2. The monoisotopic (exact) mass is 534 g/mol. The van der Waals surface area contributed by atoms with Crippen LogP contribution in [0, 0.1) is 0 Å². The molecule has 0 aliphatic heterocycles. The lowest BCUT2D eigenvalue weighted by Crippen LogP contribution is -2.22. The van der Waals surface area contributed by atoms with E-state index in [-0.39, 0.29) is 11.1 Å². The van der Waals surface area contributed by atoms with Gasteiger partial charge in [-0.1, -0.05) is 45.4 Å². The molecule has 0 aliphatic carbocycles. The number of hydrogen-bond acceptors (Lipinski definition) is 10. The maximum Gasteiger partial charge on any atom is 0.373 e. The predicted octanol–water partition coefficient (Wildman–Crippen LogP) is 6.06. The van der Waals surface area contributed by atoms with Gasteiger partial charge in [0.25, 0.3) is 0 Å². The summed E-state index contributed by atoms with van der Waals surface area (Å²) in [5, 5.41) is 0. The van der Waals surface area contributed by atoms with Crippen molar-refractivity contribution in [1.29, 1.82) is 0 Å². The van der Waals surface area contributed by atoms with Crippen LogP contribution in [0.1, 0.15) is 79.0 Å². The summed E-state index contributed by atoms with van der Waals surface area (Å²) in [6.45, 7) is 2.17. The molecule has 0 aliphatic rings. The van der Waals surface area contributed by atoms with Gasteiger partial charge in [0.1, 0.15) is 23.0 Å². The third-order valence-electron chi connectivity index (χ3n) is 5.68. The normalized spacial score (nSPS) is 10.7. The van der Waals surface area contributed by atoms with Crippen LogP contribution in [0.5, 0.6) is 23.0 Å². The van der Waals surface area contributed by atoms with Gasteiger partial charge in [-0.2, -0.15) is 0 Å². The summed E-state index contributed by atoms with van der Waals surface area (Å²) in [5.41, 5.74) is 0.299. The summed E-state index contributed by atoms with van der Waals surface area (Å²) in [4.78, 5) is 45.7. The predicted molar refractivity (Wildman–Crippen MR) is 138 cm³/mol. The van der Waals surface area contributed by atoms with Crippen LogP contribution in [0.3, 0.4) is 0 Å². The Balaban J connectivity index is 2.01. The van der Waals surface area contributed by atoms with Crippen molar-refractivity contribution in [3.63, 3.8) is 0 Å². The summed E-state index contributed by atoms with van der Waals surface area (Å²) >= 11 is 0. The molecule has 38 heavy (non-hydrogen) atoms. The second kappa shape index (κ2) is 17.1. The molecular formula is C28H38O10. The highest BCUT2D eigenvalue weighted by Gasteiger charge is 2.21. The highest BCUT2D eigenvalue weighted by molar-refractivity contribution is 5.90. The molecule has 0 heterocycles. The zero-order chi connectivity index (χ0) is 27.8. The largest absolute Gasteiger partial charge is 0.497 e. The number of ether oxygens (including phenoxy) is 4. The van der Waals surface area contributed by atoms with E-state index in [1.807, 2.05) is 0 Å². The van der Waals surface area contributed by atoms with E-state index in [4.69, 9.17) is 38.5 Å². The summed E-state index contributed by atoms with van der Waals surface area (Å²) in [6, 6.07) is 9.18. The van der Waals surface area contributed by atoms with E-state index in [2.05, 4.69) is 6.92 Å². The average molecular weight is 535 g/mol. The highest BCUT2D eigenvalue weighted by atomic mass is 17.3. The van der Waals surface area contributed by atoms with Gasteiger partial charge in [-0.15, -0.1) is 9.78 Å². The van der Waals surface area contributed by atoms with E-state index in [0.29, 0.717) is 35.8 Å². The van der Waals surface area contributed by atoms with Crippen LogP contribution >= 0.6 is 0 Å². The molecule has 10 heteroatoms. The van der Waals surface area contributed by atoms with E-state index in [9.17, 15) is 9.59 Å². The van der Waals surface area contributed by atoms with Crippen LogP contribution in [0.4, 0.5) is 0 Å². The van der Waals surface area contributed by atoms with Crippen molar-refractivity contribution in [3.8, 4) is 23.0 Å². The van der Waals surface area contributed by atoms with Gasteiger partial charge in [-0.25, -0.2) is 9.59 Å². The molecule has 0 fully saturated rings. The van der Waals surface area contributed by atoms with E-state index < -0.39 is 18.2 Å². The molecule has 10 nitrogen and oxygen atoms in total. The molecule has 2 aromatic carbocycles. The van der Waals surface area contributed by atoms with Gasteiger partial charge < -0.3 is 18.9 Å². The van der Waals surface area contributed by atoms with Crippen LogP contribution < -0.4 is 18.9 Å². The number of unbranched alkanes of at least 4 members (excludes halogenated alkanes) is 6. The molecule has 0 amide bonds. The highest BCUT2D eigenvalue weighted by Crippen LogP contribution is 2.25. The topological polar surface area (TPSA) is 108 Å². The summed E-state index contributed by atoms with van der Waals surface area (Å²) in [5.74, 6) is 0.0627. The second-order valence-electron chi connectivity index (χ2n) is 8.48. The van der Waals surface area contributed by atoms with Gasteiger partial charge in [-0.05, 0) is 30.7 Å². The fourth-order valence-electron chi connectivity index (χ4n) is 3.52. The van der Waals surface area contributed by atoms with Crippen molar-refractivity contribution in [2.45, 2.75) is 64.6 Å².